The van der Waals surface area contributed by atoms with Gasteiger partial charge in [-0.25, -0.2) is 9.59 Å². The first-order chi connectivity index (χ1) is 17.6. The van der Waals surface area contributed by atoms with Crippen molar-refractivity contribution in [3.63, 3.8) is 0 Å². The molecule has 0 unspecified atom stereocenters. The largest absolute Gasteiger partial charge is 0.461 e. The number of hydrogen-bond donors (Lipinski definition) is 5. The molecule has 13 nitrogen and oxygen atoms in total. The maximum atomic E-state index is 12.8. The van der Waals surface area contributed by atoms with Crippen LogP contribution >= 0.6 is 0 Å². The van der Waals surface area contributed by atoms with Gasteiger partial charge in [0.05, 0.1) is 19.3 Å². The summed E-state index contributed by atoms with van der Waals surface area (Å²) in [4.78, 5) is 50.7. The summed E-state index contributed by atoms with van der Waals surface area (Å²) in [5, 5.41) is 23.2. The number of nitrogens with zero attached hydrogens (tertiary/aromatic N) is 1. The number of benzene rings is 1. The van der Waals surface area contributed by atoms with Crippen LogP contribution in [0.2, 0.25) is 0 Å². The van der Waals surface area contributed by atoms with Crippen molar-refractivity contribution in [3.05, 3.63) is 69.0 Å². The van der Waals surface area contributed by atoms with Crippen LogP contribution in [0.5, 0.6) is 0 Å². The van der Waals surface area contributed by atoms with Crippen LogP contribution in [0.15, 0.2) is 52.2 Å². The highest BCUT2D eigenvalue weighted by Gasteiger charge is 2.45. The molecule has 2 aromatic rings. The SMILES string of the molecule is CC(C)[C@H](N)C(=O)N[C@@H](COCc1ccccc1)C(=O)OC[C@H]1O[C@@H](n2ccc(=O)[nH]c2=O)[C@H](O)[C@@H]1O. The molecule has 13 heteroatoms. The highest BCUT2D eigenvalue weighted by Crippen LogP contribution is 2.28. The Kier molecular flexibility index (Phi) is 9.72. The average Bonchev–Trinajstić information content (AvgIpc) is 3.15. The van der Waals surface area contributed by atoms with E-state index in [2.05, 4.69) is 5.32 Å². The molecule has 0 saturated carbocycles. The lowest BCUT2D eigenvalue weighted by Gasteiger charge is -2.22. The second-order valence-electron chi connectivity index (χ2n) is 9.03. The lowest BCUT2D eigenvalue weighted by atomic mass is 10.0. The van der Waals surface area contributed by atoms with Gasteiger partial charge in [-0.2, -0.15) is 0 Å². The fourth-order valence-electron chi connectivity index (χ4n) is 3.60. The zero-order chi connectivity index (χ0) is 27.1. The normalized spacial score (nSPS) is 23.0. The molecule has 1 aromatic carbocycles. The maximum absolute atomic E-state index is 12.8. The van der Waals surface area contributed by atoms with Gasteiger partial charge in [0.2, 0.25) is 5.91 Å². The summed E-state index contributed by atoms with van der Waals surface area (Å²) >= 11 is 0. The predicted molar refractivity (Wildman–Crippen MR) is 129 cm³/mol. The topological polar surface area (TPSA) is 195 Å². The first-order valence-corrected chi connectivity index (χ1v) is 11.8. The molecule has 2 heterocycles. The Morgan fingerprint density at radius 2 is 1.86 bits per heavy atom. The summed E-state index contributed by atoms with van der Waals surface area (Å²) in [6.07, 6.45) is -4.45. The summed E-state index contributed by atoms with van der Waals surface area (Å²) in [6, 6.07) is 8.20. The second-order valence-corrected chi connectivity index (χ2v) is 9.03. The Bertz CT molecular complexity index is 1170. The van der Waals surface area contributed by atoms with Crippen molar-refractivity contribution in [1.82, 2.24) is 14.9 Å². The number of amides is 1. The van der Waals surface area contributed by atoms with E-state index in [4.69, 9.17) is 19.9 Å². The van der Waals surface area contributed by atoms with Crippen molar-refractivity contribution in [2.45, 2.75) is 57.1 Å². The number of carbonyl (C=O) groups is 2. The third kappa shape index (κ3) is 7.33. The molecule has 0 radical (unpaired) electrons. The molecule has 1 fully saturated rings. The number of aliphatic hydroxyl groups is 2. The standard InChI is InChI=1S/C24H32N4O9/c1-13(2)18(25)21(32)26-15(11-35-10-14-6-4-3-5-7-14)23(33)36-12-16-19(30)20(31)22(37-16)28-9-8-17(29)27-24(28)34/h3-9,13,15-16,18-20,22,30-31H,10-12,25H2,1-2H3,(H,26,32)(H,27,29,34)/t15-,16+,18-,19+,20+,22+/m0/s1. The molecule has 1 aliphatic heterocycles. The van der Waals surface area contributed by atoms with E-state index in [0.29, 0.717) is 0 Å². The van der Waals surface area contributed by atoms with Crippen molar-refractivity contribution < 1.29 is 34.0 Å². The third-order valence-corrected chi connectivity index (χ3v) is 5.87. The zero-order valence-corrected chi connectivity index (χ0v) is 20.5. The van der Waals surface area contributed by atoms with Crippen LogP contribution in [-0.2, 0) is 30.4 Å². The van der Waals surface area contributed by atoms with E-state index >= 15 is 0 Å². The molecule has 1 aromatic heterocycles. The first-order valence-electron chi connectivity index (χ1n) is 11.8. The number of nitrogens with two attached hydrogens (primary N) is 1. The van der Waals surface area contributed by atoms with Gasteiger partial charge in [-0.1, -0.05) is 44.2 Å². The van der Waals surface area contributed by atoms with Crippen molar-refractivity contribution in [3.8, 4) is 0 Å². The molecule has 6 N–H and O–H groups in total. The number of aromatic nitrogens is 2. The molecule has 1 aliphatic rings. The van der Waals surface area contributed by atoms with Crippen LogP contribution in [-0.4, -0.2) is 75.2 Å². The second kappa shape index (κ2) is 12.7. The number of esters is 1. The number of ether oxygens (including phenoxy) is 3. The Morgan fingerprint density at radius 3 is 2.51 bits per heavy atom. The lowest BCUT2D eigenvalue weighted by molar-refractivity contribution is -0.156. The van der Waals surface area contributed by atoms with Crippen LogP contribution in [0.4, 0.5) is 0 Å². The van der Waals surface area contributed by atoms with E-state index in [0.717, 1.165) is 22.4 Å². The van der Waals surface area contributed by atoms with Gasteiger partial charge in [-0.15, -0.1) is 0 Å². The summed E-state index contributed by atoms with van der Waals surface area (Å²) in [5.41, 5.74) is 5.27. The number of aromatic amines is 1. The van der Waals surface area contributed by atoms with E-state index in [1.165, 1.54) is 0 Å². The number of aliphatic hydroxyl groups excluding tert-OH is 2. The lowest BCUT2D eigenvalue weighted by Crippen LogP contribution is -2.52. The van der Waals surface area contributed by atoms with E-state index in [-0.39, 0.29) is 19.1 Å². The van der Waals surface area contributed by atoms with Gasteiger partial charge in [0, 0.05) is 12.3 Å². The maximum Gasteiger partial charge on any atom is 0.331 e. The van der Waals surface area contributed by atoms with E-state index in [1.807, 2.05) is 35.3 Å². The number of hydrogen-bond acceptors (Lipinski definition) is 10. The molecule has 0 spiro atoms. The predicted octanol–water partition coefficient (Wildman–Crippen LogP) is -1.62. The fraction of sp³-hybridized carbons (Fsp3) is 0.500. The van der Waals surface area contributed by atoms with Crippen molar-refractivity contribution in [2.75, 3.05) is 13.2 Å². The zero-order valence-electron chi connectivity index (χ0n) is 20.5. The van der Waals surface area contributed by atoms with Crippen molar-refractivity contribution >= 4 is 11.9 Å². The Labute approximate surface area is 212 Å². The average molecular weight is 521 g/mol. The number of rotatable bonds is 11. The molecular weight excluding hydrogens is 488 g/mol. The minimum Gasteiger partial charge on any atom is -0.461 e. The van der Waals surface area contributed by atoms with Gasteiger partial charge in [0.25, 0.3) is 5.56 Å². The Hall–Kier alpha value is -3.36. The summed E-state index contributed by atoms with van der Waals surface area (Å²) in [7, 11) is 0. The van der Waals surface area contributed by atoms with Crippen LogP contribution < -0.4 is 22.3 Å². The number of carbonyl (C=O) groups excluding carboxylic acids is 2. The molecule has 1 amide bonds. The smallest absolute Gasteiger partial charge is 0.331 e. The molecule has 0 bridgehead atoms. The highest BCUT2D eigenvalue weighted by atomic mass is 16.6. The molecule has 1 saturated heterocycles. The van der Waals surface area contributed by atoms with E-state index in [1.54, 1.807) is 13.8 Å². The monoisotopic (exact) mass is 520 g/mol. The Balaban J connectivity index is 1.63. The van der Waals surface area contributed by atoms with Crippen LogP contribution in [0, 0.1) is 5.92 Å². The molecule has 202 valence electrons. The quantitative estimate of drug-likeness (QED) is 0.215. The first kappa shape index (κ1) is 28.2. The Morgan fingerprint density at radius 1 is 1.16 bits per heavy atom. The van der Waals surface area contributed by atoms with Gasteiger partial charge >= 0.3 is 11.7 Å². The number of H-pyrrole nitrogens is 1. The molecule has 3 rings (SSSR count). The van der Waals surface area contributed by atoms with Gasteiger partial charge < -0.3 is 35.5 Å². The fourth-order valence-corrected chi connectivity index (χ4v) is 3.60. The number of nitrogens with one attached hydrogen (secondary N) is 2. The van der Waals surface area contributed by atoms with Gasteiger partial charge in [0.15, 0.2) is 12.3 Å². The van der Waals surface area contributed by atoms with Gasteiger partial charge in [-0.3, -0.25) is 19.1 Å². The summed E-state index contributed by atoms with van der Waals surface area (Å²) in [5.74, 6) is -1.61. The molecule has 0 aliphatic carbocycles. The molecule has 6 atom stereocenters. The van der Waals surface area contributed by atoms with Crippen molar-refractivity contribution in [2.24, 2.45) is 11.7 Å². The van der Waals surface area contributed by atoms with Gasteiger partial charge in [-0.05, 0) is 11.5 Å². The summed E-state index contributed by atoms with van der Waals surface area (Å²) < 4.78 is 17.3. The molecular formula is C24H32N4O9. The van der Waals surface area contributed by atoms with E-state index < -0.39 is 66.4 Å². The third-order valence-electron chi connectivity index (χ3n) is 5.87. The summed E-state index contributed by atoms with van der Waals surface area (Å²) in [6.45, 7) is 3.00. The van der Waals surface area contributed by atoms with E-state index in [9.17, 15) is 29.4 Å². The van der Waals surface area contributed by atoms with Crippen LogP contribution in [0.3, 0.4) is 0 Å². The van der Waals surface area contributed by atoms with Crippen LogP contribution in [0.1, 0.15) is 25.6 Å². The minimum absolute atomic E-state index is 0.182. The molecule has 37 heavy (non-hydrogen) atoms. The van der Waals surface area contributed by atoms with Crippen LogP contribution in [0.25, 0.3) is 0 Å². The van der Waals surface area contributed by atoms with Crippen molar-refractivity contribution in [1.29, 1.82) is 0 Å². The minimum atomic E-state index is -1.54. The highest BCUT2D eigenvalue weighted by molar-refractivity contribution is 5.87. The van der Waals surface area contributed by atoms with Gasteiger partial charge in [0.1, 0.15) is 24.9 Å².